The number of methoxy groups -OCH3 is 2. The van der Waals surface area contributed by atoms with Gasteiger partial charge in [-0.3, -0.25) is 4.79 Å². The maximum Gasteiger partial charge on any atom is 0.234 e. The molecule has 0 aromatic heterocycles. The lowest BCUT2D eigenvalue weighted by molar-refractivity contribution is -0.346. The van der Waals surface area contributed by atoms with Crippen LogP contribution < -0.4 is 0 Å². The van der Waals surface area contributed by atoms with Gasteiger partial charge in [0.2, 0.25) is 24.0 Å². The summed E-state index contributed by atoms with van der Waals surface area (Å²) in [5.41, 5.74) is 1.26. The van der Waals surface area contributed by atoms with Crippen molar-refractivity contribution in [1.29, 1.82) is 0 Å². The van der Waals surface area contributed by atoms with E-state index in [-0.39, 0.29) is 18.5 Å². The minimum atomic E-state index is -1.39. The van der Waals surface area contributed by atoms with Crippen LogP contribution in [0.4, 0.5) is 0 Å². The van der Waals surface area contributed by atoms with Crippen molar-refractivity contribution in [2.45, 2.75) is 68.0 Å². The van der Waals surface area contributed by atoms with Gasteiger partial charge in [-0.25, -0.2) is 0 Å². The smallest absolute Gasteiger partial charge is 0.234 e. The number of rotatable bonds is 4. The van der Waals surface area contributed by atoms with E-state index in [0.29, 0.717) is 25.2 Å². The summed E-state index contributed by atoms with van der Waals surface area (Å²) in [5.74, 6) is 0.0856. The van der Waals surface area contributed by atoms with Crippen molar-refractivity contribution >= 4 is 5.78 Å². The Balaban J connectivity index is 1.23. The molecule has 1 unspecified atom stereocenters. The lowest BCUT2D eigenvalue weighted by atomic mass is 9.76. The summed E-state index contributed by atoms with van der Waals surface area (Å²) in [6.45, 7) is 0.539. The molecule has 0 saturated carbocycles. The lowest BCUT2D eigenvalue weighted by Crippen LogP contribution is -2.70. The van der Waals surface area contributed by atoms with Crippen molar-refractivity contribution < 1.29 is 47.4 Å². The highest BCUT2D eigenvalue weighted by molar-refractivity contribution is 5.92. The summed E-state index contributed by atoms with van der Waals surface area (Å²) >= 11 is 0. The van der Waals surface area contributed by atoms with Crippen molar-refractivity contribution in [1.82, 2.24) is 0 Å². The summed E-state index contributed by atoms with van der Waals surface area (Å²) in [6.07, 6.45) is -4.47. The zero-order chi connectivity index (χ0) is 27.3. The van der Waals surface area contributed by atoms with Crippen LogP contribution in [0.15, 0.2) is 72.0 Å². The van der Waals surface area contributed by atoms with Gasteiger partial charge >= 0.3 is 0 Å². The molecule has 40 heavy (non-hydrogen) atoms. The third kappa shape index (κ3) is 4.31. The van der Waals surface area contributed by atoms with E-state index in [0.717, 1.165) is 16.7 Å². The normalized spacial score (nSPS) is 39.2. The molecule has 7 rings (SSSR count). The van der Waals surface area contributed by atoms with E-state index >= 15 is 0 Å². The molecular weight excluding hydrogens is 520 g/mol. The number of Topliss-reactive ketones (excluding diaryl/α,β-unsaturated/α-hetero) is 1. The monoisotopic (exact) mass is 552 g/mol. The molecule has 0 N–H and O–H groups in total. The Morgan fingerprint density at radius 3 is 2.00 bits per heavy atom. The predicted molar refractivity (Wildman–Crippen MR) is 136 cm³/mol. The SMILES string of the molecule is CO[C@H]1O[C@@H]2CO[C@@H](c3ccccc3)O[C@H]2C2(CCC3=C(O2)[C@@H](OC)O[C@@H]2CO[C@@H](c4ccccc4)O[C@@H]32)C1=O. The average Bonchev–Trinajstić information content (AvgIpc) is 3.02. The second kappa shape index (κ2) is 10.6. The molecule has 9 atom stereocenters. The van der Waals surface area contributed by atoms with Crippen LogP contribution in [0.2, 0.25) is 0 Å². The van der Waals surface area contributed by atoms with Crippen molar-refractivity contribution in [3.05, 3.63) is 83.1 Å². The lowest BCUT2D eigenvalue weighted by Gasteiger charge is -2.54. The first-order chi connectivity index (χ1) is 19.6. The number of ketones is 1. The van der Waals surface area contributed by atoms with Gasteiger partial charge in [0.25, 0.3) is 0 Å². The minimum absolute atomic E-state index is 0.211. The second-order valence-electron chi connectivity index (χ2n) is 10.5. The molecule has 5 aliphatic rings. The molecule has 2 aromatic rings. The minimum Gasteiger partial charge on any atom is -0.475 e. The van der Waals surface area contributed by atoms with Crippen LogP contribution in [0.25, 0.3) is 0 Å². The average molecular weight is 553 g/mol. The van der Waals surface area contributed by atoms with E-state index in [4.69, 9.17) is 42.6 Å². The van der Waals surface area contributed by atoms with Crippen LogP contribution in [0.1, 0.15) is 36.5 Å². The fourth-order valence-electron chi connectivity index (χ4n) is 6.29. The molecule has 5 heterocycles. The van der Waals surface area contributed by atoms with Gasteiger partial charge in [0.15, 0.2) is 18.3 Å². The Kier molecular flexibility index (Phi) is 6.97. The molecule has 212 valence electrons. The van der Waals surface area contributed by atoms with E-state index < -0.39 is 49.1 Å². The second-order valence-corrected chi connectivity index (χ2v) is 10.5. The standard InChI is InChI=1S/C30H32O10/c1-32-28-23-19(22-20(36-28)15-34-26(38-22)17-9-5-3-6-10-17)13-14-30(40-23)24(31)29(33-2)37-21-16-35-27(39-25(21)30)18-11-7-4-8-12-18/h3-12,20-22,25-29H,13-16H2,1-2H3/t20-,21-,22+,25-,26-,27-,28+,29+,30?/m1/s1. The summed E-state index contributed by atoms with van der Waals surface area (Å²) in [4.78, 5) is 14.0. The molecule has 10 nitrogen and oxygen atoms in total. The fourth-order valence-corrected chi connectivity index (χ4v) is 6.29. The van der Waals surface area contributed by atoms with E-state index in [9.17, 15) is 4.79 Å². The van der Waals surface area contributed by atoms with Crippen molar-refractivity contribution in [2.75, 3.05) is 27.4 Å². The van der Waals surface area contributed by atoms with E-state index in [1.165, 1.54) is 7.11 Å². The molecule has 3 saturated heterocycles. The maximum atomic E-state index is 14.0. The highest BCUT2D eigenvalue weighted by atomic mass is 16.8. The number of hydrogen-bond donors (Lipinski definition) is 0. The number of benzene rings is 2. The number of carbonyl (C=O) groups is 1. The first kappa shape index (κ1) is 26.2. The maximum absolute atomic E-state index is 14.0. The molecule has 5 aliphatic heterocycles. The van der Waals surface area contributed by atoms with Gasteiger partial charge in [-0.05, 0) is 6.42 Å². The number of hydrogen-bond acceptors (Lipinski definition) is 10. The number of ether oxygens (including phenoxy) is 9. The van der Waals surface area contributed by atoms with Crippen molar-refractivity contribution in [2.24, 2.45) is 0 Å². The Bertz CT molecular complexity index is 1250. The summed E-state index contributed by atoms with van der Waals surface area (Å²) < 4.78 is 55.0. The number of carbonyl (C=O) groups excluding carboxylic acids is 1. The molecule has 0 aliphatic carbocycles. The van der Waals surface area contributed by atoms with Crippen LogP contribution >= 0.6 is 0 Å². The molecule has 0 amide bonds. The highest BCUT2D eigenvalue weighted by Crippen LogP contribution is 2.50. The van der Waals surface area contributed by atoms with Gasteiger partial charge < -0.3 is 42.6 Å². The van der Waals surface area contributed by atoms with Crippen LogP contribution in [0.3, 0.4) is 0 Å². The summed E-state index contributed by atoms with van der Waals surface area (Å²) in [7, 11) is 2.98. The third-order valence-electron chi connectivity index (χ3n) is 8.23. The topological polar surface area (TPSA) is 100 Å². The van der Waals surface area contributed by atoms with E-state index in [1.54, 1.807) is 7.11 Å². The zero-order valence-electron chi connectivity index (χ0n) is 22.3. The molecule has 3 fully saturated rings. The van der Waals surface area contributed by atoms with E-state index in [1.807, 2.05) is 60.7 Å². The molecule has 2 aromatic carbocycles. The fraction of sp³-hybridized carbons (Fsp3) is 0.500. The molecular formula is C30H32O10. The molecule has 1 spiro atoms. The van der Waals surface area contributed by atoms with Gasteiger partial charge in [0.05, 0.1) is 13.2 Å². The Morgan fingerprint density at radius 1 is 0.750 bits per heavy atom. The largest absolute Gasteiger partial charge is 0.475 e. The van der Waals surface area contributed by atoms with Gasteiger partial charge in [-0.2, -0.15) is 0 Å². The van der Waals surface area contributed by atoms with Crippen LogP contribution in [-0.2, 0) is 47.4 Å². The Labute approximate surface area is 232 Å². The Hall–Kier alpha value is -2.67. The van der Waals surface area contributed by atoms with Crippen molar-refractivity contribution in [3.63, 3.8) is 0 Å². The quantitative estimate of drug-likeness (QED) is 0.562. The van der Waals surface area contributed by atoms with Gasteiger partial charge in [-0.1, -0.05) is 60.7 Å². The Morgan fingerprint density at radius 2 is 1.35 bits per heavy atom. The van der Waals surface area contributed by atoms with Gasteiger partial charge in [0.1, 0.15) is 24.4 Å². The zero-order valence-corrected chi connectivity index (χ0v) is 22.3. The number of fused-ring (bicyclic) bond motifs is 4. The molecule has 10 heteroatoms. The van der Waals surface area contributed by atoms with Crippen LogP contribution in [0.5, 0.6) is 0 Å². The van der Waals surface area contributed by atoms with Crippen LogP contribution in [0, 0.1) is 0 Å². The first-order valence-corrected chi connectivity index (χ1v) is 13.6. The predicted octanol–water partition coefficient (Wildman–Crippen LogP) is 3.33. The highest BCUT2D eigenvalue weighted by Gasteiger charge is 2.64. The van der Waals surface area contributed by atoms with Crippen molar-refractivity contribution in [3.8, 4) is 0 Å². The molecule has 0 bridgehead atoms. The van der Waals surface area contributed by atoms with Gasteiger partial charge in [0, 0.05) is 37.3 Å². The van der Waals surface area contributed by atoms with Crippen LogP contribution in [-0.4, -0.2) is 75.8 Å². The van der Waals surface area contributed by atoms with Gasteiger partial charge in [-0.15, -0.1) is 0 Å². The molecule has 0 radical (unpaired) electrons. The third-order valence-corrected chi connectivity index (χ3v) is 8.23. The van der Waals surface area contributed by atoms with E-state index in [2.05, 4.69) is 0 Å². The summed E-state index contributed by atoms with van der Waals surface area (Å²) in [5, 5.41) is 0. The summed E-state index contributed by atoms with van der Waals surface area (Å²) in [6, 6.07) is 19.4. The first-order valence-electron chi connectivity index (χ1n) is 13.6.